The van der Waals surface area contributed by atoms with Gasteiger partial charge in [-0.2, -0.15) is 0 Å². The molecule has 0 heterocycles. The SMILES string of the molecule is [I][Yb]([I])([I])[I]. The normalized spacial score (nSPS) is 15.2. The molecule has 0 aromatic rings. The Balaban J connectivity index is 3.02. The van der Waals surface area contributed by atoms with Crippen LogP contribution in [-0.2, 0) is 0 Å². The molecule has 0 atom stereocenters. The fourth-order valence-electron chi connectivity index (χ4n) is 0. The summed E-state index contributed by atoms with van der Waals surface area (Å²) in [6, 6.07) is 0. The van der Waals surface area contributed by atoms with Crippen molar-refractivity contribution < 1.29 is 14.1 Å². The first-order valence-electron chi connectivity index (χ1n) is 0.404. The zero-order valence-electron chi connectivity index (χ0n) is 1.78. The second-order valence-electron chi connectivity index (χ2n) is 0.229. The molecule has 0 rings (SSSR count). The van der Waals surface area contributed by atoms with Crippen molar-refractivity contribution in [2.75, 3.05) is 0 Å². The second kappa shape index (κ2) is 4.29. The molecule has 0 saturated carbocycles. The van der Waals surface area contributed by atoms with Crippen molar-refractivity contribution in [2.24, 2.45) is 0 Å². The molecule has 0 spiro atoms. The molecular weight excluding hydrogens is 681 g/mol. The van der Waals surface area contributed by atoms with Gasteiger partial charge in [0.2, 0.25) is 0 Å². The van der Waals surface area contributed by atoms with E-state index in [9.17, 15) is 0 Å². The van der Waals surface area contributed by atoms with E-state index < -0.39 is 14.1 Å². The van der Waals surface area contributed by atoms with Crippen molar-refractivity contribution in [2.45, 2.75) is 0 Å². The van der Waals surface area contributed by atoms with Gasteiger partial charge in [0.15, 0.2) is 0 Å². The summed E-state index contributed by atoms with van der Waals surface area (Å²) in [6.45, 7) is 0. The standard InChI is InChI=1S/4HI.Yb/h4*1H;/q;;;;+4/p-4. The van der Waals surface area contributed by atoms with Crippen LogP contribution in [0.5, 0.6) is 0 Å². The van der Waals surface area contributed by atoms with Crippen LogP contribution in [0.4, 0.5) is 0 Å². The molecule has 0 aliphatic heterocycles. The minimum atomic E-state index is -0.842. The molecule has 0 bridgehead atoms. The molecule has 0 fully saturated rings. The number of hydrogen-bond donors (Lipinski definition) is 0. The molecule has 0 saturated heterocycles. The van der Waals surface area contributed by atoms with Crippen LogP contribution in [0.3, 0.4) is 0 Å². The van der Waals surface area contributed by atoms with Crippen LogP contribution in [0.15, 0.2) is 0 Å². The van der Waals surface area contributed by atoms with Gasteiger partial charge in [-0.15, -0.1) is 0 Å². The first-order valence-corrected chi connectivity index (χ1v) is 20.1. The Bertz CT molecular complexity index is 19.1. The molecule has 0 nitrogen and oxygen atoms in total. The summed E-state index contributed by atoms with van der Waals surface area (Å²) in [7, 11) is 0. The Kier molecular flexibility index (Phi) is 8.09. The Morgan fingerprint density at radius 3 is 0.800 bits per heavy atom. The number of halogens is 4. The predicted molar refractivity (Wildman–Crippen MR) is 56.1 cm³/mol. The van der Waals surface area contributed by atoms with E-state index in [-0.39, 0.29) is 0 Å². The summed E-state index contributed by atoms with van der Waals surface area (Å²) in [5, 5.41) is 0. The van der Waals surface area contributed by atoms with Crippen molar-refractivity contribution in [3.8, 4) is 0 Å². The average Bonchev–Trinajstić information content (AvgIpc) is 0.722. The van der Waals surface area contributed by atoms with E-state index in [2.05, 4.69) is 50.0 Å². The van der Waals surface area contributed by atoms with E-state index in [4.69, 9.17) is 0 Å². The Labute approximate surface area is 60.0 Å². The van der Waals surface area contributed by atoms with Gasteiger partial charge in [-0.05, 0) is 0 Å². The maximum absolute atomic E-state index is 2.49. The minimum absolute atomic E-state index is 0.842. The summed E-state index contributed by atoms with van der Waals surface area (Å²) in [5.41, 5.74) is 0. The molecule has 0 aliphatic rings. The summed E-state index contributed by atoms with van der Waals surface area (Å²) in [6.07, 6.45) is 0. The van der Waals surface area contributed by atoms with Gasteiger partial charge in [-0.1, -0.05) is 0 Å². The Hall–Kier alpha value is 4.44. The van der Waals surface area contributed by atoms with Crippen LogP contribution < -0.4 is 0 Å². The van der Waals surface area contributed by atoms with Gasteiger partial charge in [-0.25, -0.2) is 0 Å². The van der Waals surface area contributed by atoms with Crippen LogP contribution in [0.25, 0.3) is 0 Å². The molecule has 0 unspecified atom stereocenters. The number of rotatable bonds is 0. The predicted octanol–water partition coefficient (Wildman–Crippen LogP) is 3.54. The Morgan fingerprint density at radius 2 is 0.800 bits per heavy atom. The van der Waals surface area contributed by atoms with Crippen molar-refractivity contribution in [3.63, 3.8) is 0 Å². The van der Waals surface area contributed by atoms with Crippen molar-refractivity contribution in [1.82, 2.24) is 0 Å². The third-order valence-electron chi connectivity index (χ3n) is 0. The fourth-order valence-corrected chi connectivity index (χ4v) is 0. The second-order valence-corrected chi connectivity index (χ2v) is 76.5. The zero-order valence-corrected chi connectivity index (χ0v) is 12.1. The van der Waals surface area contributed by atoms with Crippen LogP contribution in [0, 0.1) is 14.1 Å². The molecule has 0 aromatic heterocycles. The van der Waals surface area contributed by atoms with Gasteiger partial charge in [-0.3, -0.25) is 0 Å². The topological polar surface area (TPSA) is 0 Å². The summed E-state index contributed by atoms with van der Waals surface area (Å²) < 4.78 is 0. The molecule has 5 heavy (non-hydrogen) atoms. The molecule has 0 radical (unpaired) electrons. The van der Waals surface area contributed by atoms with Crippen LogP contribution >= 0.6 is 50.0 Å². The molecule has 5 heteroatoms. The van der Waals surface area contributed by atoms with Gasteiger partial charge in [0.25, 0.3) is 0 Å². The van der Waals surface area contributed by atoms with E-state index in [0.717, 1.165) is 0 Å². The van der Waals surface area contributed by atoms with Gasteiger partial charge >= 0.3 is 64.1 Å². The summed E-state index contributed by atoms with van der Waals surface area (Å²) in [4.78, 5) is 0. The first kappa shape index (κ1) is 9.44. The van der Waals surface area contributed by atoms with Crippen LogP contribution in [0.1, 0.15) is 0 Å². The van der Waals surface area contributed by atoms with Crippen molar-refractivity contribution in [3.05, 3.63) is 0 Å². The van der Waals surface area contributed by atoms with E-state index in [1.165, 1.54) is 0 Å². The van der Waals surface area contributed by atoms with Gasteiger partial charge in [0.1, 0.15) is 0 Å². The molecule has 0 aliphatic carbocycles. The van der Waals surface area contributed by atoms with E-state index in [0.29, 0.717) is 0 Å². The molecule has 0 aromatic carbocycles. The average molecular weight is 681 g/mol. The molecule has 42 valence electrons. The summed E-state index contributed by atoms with van der Waals surface area (Å²) >= 11 is 9.12. The molecule has 0 amide bonds. The van der Waals surface area contributed by atoms with Gasteiger partial charge < -0.3 is 0 Å². The van der Waals surface area contributed by atoms with Crippen LogP contribution in [-0.4, -0.2) is 0 Å². The fraction of sp³-hybridized carbons (Fsp3) is 0. The number of hydrogen-bond acceptors (Lipinski definition) is 0. The van der Waals surface area contributed by atoms with E-state index in [1.54, 1.807) is 0 Å². The van der Waals surface area contributed by atoms with E-state index >= 15 is 0 Å². The molecule has 0 N–H and O–H groups in total. The first-order chi connectivity index (χ1) is 2.00. The van der Waals surface area contributed by atoms with Gasteiger partial charge in [0, 0.05) is 0 Å². The van der Waals surface area contributed by atoms with Gasteiger partial charge in [0.05, 0.1) is 0 Å². The van der Waals surface area contributed by atoms with Crippen molar-refractivity contribution >= 4 is 50.0 Å². The third-order valence-corrected chi connectivity index (χ3v) is 0. The Morgan fingerprint density at radius 1 is 0.800 bits per heavy atom. The maximum atomic E-state index is 2.49. The quantitative estimate of drug-likeness (QED) is 0.344. The zero-order chi connectivity index (χ0) is 4.50. The third kappa shape index (κ3) is 17.8. The summed E-state index contributed by atoms with van der Waals surface area (Å²) in [5.74, 6) is 0. The van der Waals surface area contributed by atoms with Crippen molar-refractivity contribution in [1.29, 1.82) is 0 Å². The van der Waals surface area contributed by atoms with E-state index in [1.807, 2.05) is 0 Å². The monoisotopic (exact) mass is 682 g/mol. The van der Waals surface area contributed by atoms with Crippen LogP contribution in [0.2, 0.25) is 0 Å². The molecular formula is I4Yb.